The number of hydrogen-bond donors (Lipinski definition) is 1. The summed E-state index contributed by atoms with van der Waals surface area (Å²) in [5.74, 6) is 0.481. The highest BCUT2D eigenvalue weighted by Gasteiger charge is 2.23. The first-order valence-corrected chi connectivity index (χ1v) is 4.70. The van der Waals surface area contributed by atoms with Gasteiger partial charge in [-0.3, -0.25) is 4.79 Å². The summed E-state index contributed by atoms with van der Waals surface area (Å²) in [5.41, 5.74) is 0. The van der Waals surface area contributed by atoms with E-state index in [2.05, 4.69) is 10.3 Å². The molecular weight excluding hydrogens is 180 g/mol. The quantitative estimate of drug-likeness (QED) is 0.766. The number of ether oxygens (including phenoxy) is 1. The van der Waals surface area contributed by atoms with Crippen LogP contribution in [-0.2, 0) is 9.53 Å². The van der Waals surface area contributed by atoms with E-state index < -0.39 is 0 Å². The predicted octanol–water partition coefficient (Wildman–Crippen LogP) is 1.20. The molecule has 0 bridgehead atoms. The number of nitrogens with one attached hydrogen (secondary N) is 1. The van der Waals surface area contributed by atoms with E-state index in [0.717, 1.165) is 12.8 Å². The first kappa shape index (κ1) is 9.15. The Morgan fingerprint density at radius 3 is 3.14 bits per heavy atom. The number of hydrogen-bond acceptors (Lipinski definition) is 3. The van der Waals surface area contributed by atoms with E-state index in [1.54, 1.807) is 12.3 Å². The smallest absolute Gasteiger partial charge is 0.254 e. The van der Waals surface area contributed by atoms with Crippen LogP contribution in [0.25, 0.3) is 0 Å². The molecule has 4 nitrogen and oxygen atoms in total. The van der Waals surface area contributed by atoms with Crippen LogP contribution in [-0.4, -0.2) is 23.6 Å². The Labute approximate surface area is 82.3 Å². The number of pyridine rings is 1. The van der Waals surface area contributed by atoms with Crippen LogP contribution in [0.2, 0.25) is 0 Å². The van der Waals surface area contributed by atoms with E-state index in [4.69, 9.17) is 4.74 Å². The van der Waals surface area contributed by atoms with Crippen molar-refractivity contribution in [1.82, 2.24) is 4.98 Å². The highest BCUT2D eigenvalue weighted by Crippen LogP contribution is 2.13. The van der Waals surface area contributed by atoms with Crippen LogP contribution in [0.3, 0.4) is 0 Å². The Kier molecular flexibility index (Phi) is 2.74. The number of carbonyl (C=O) groups is 1. The second kappa shape index (κ2) is 4.19. The van der Waals surface area contributed by atoms with Gasteiger partial charge in [-0.05, 0) is 25.0 Å². The van der Waals surface area contributed by atoms with E-state index in [1.165, 1.54) is 0 Å². The van der Waals surface area contributed by atoms with Gasteiger partial charge in [0.1, 0.15) is 11.9 Å². The lowest BCUT2D eigenvalue weighted by atomic mass is 10.2. The molecule has 1 aromatic heterocycles. The van der Waals surface area contributed by atoms with E-state index in [-0.39, 0.29) is 12.0 Å². The summed E-state index contributed by atoms with van der Waals surface area (Å²) in [6.45, 7) is 0.681. The average Bonchev–Trinajstić information content (AvgIpc) is 2.72. The van der Waals surface area contributed by atoms with Gasteiger partial charge in [-0.25, -0.2) is 4.98 Å². The number of rotatable bonds is 2. The molecule has 14 heavy (non-hydrogen) atoms. The Morgan fingerprint density at radius 1 is 1.57 bits per heavy atom. The normalized spacial score (nSPS) is 20.7. The maximum absolute atomic E-state index is 11.5. The third-order valence-corrected chi connectivity index (χ3v) is 2.14. The van der Waals surface area contributed by atoms with Gasteiger partial charge in [0, 0.05) is 12.8 Å². The summed E-state index contributed by atoms with van der Waals surface area (Å²) >= 11 is 0. The highest BCUT2D eigenvalue weighted by molar-refractivity contribution is 5.93. The molecule has 4 heteroatoms. The van der Waals surface area contributed by atoms with Crippen LogP contribution in [0.5, 0.6) is 0 Å². The van der Waals surface area contributed by atoms with Crippen LogP contribution < -0.4 is 5.32 Å². The number of amides is 1. The van der Waals surface area contributed by atoms with Gasteiger partial charge in [0.25, 0.3) is 5.91 Å². The minimum Gasteiger partial charge on any atom is -0.368 e. The lowest BCUT2D eigenvalue weighted by Crippen LogP contribution is -2.27. The molecule has 1 aliphatic rings. The number of anilines is 1. The summed E-state index contributed by atoms with van der Waals surface area (Å²) < 4.78 is 5.25. The maximum atomic E-state index is 11.5. The van der Waals surface area contributed by atoms with Crippen molar-refractivity contribution in [2.45, 2.75) is 18.9 Å². The lowest BCUT2D eigenvalue weighted by Gasteiger charge is -2.08. The van der Waals surface area contributed by atoms with Crippen LogP contribution in [0.1, 0.15) is 12.8 Å². The van der Waals surface area contributed by atoms with E-state index in [9.17, 15) is 4.79 Å². The Bertz CT molecular complexity index is 307. The highest BCUT2D eigenvalue weighted by atomic mass is 16.5. The molecule has 0 aliphatic carbocycles. The van der Waals surface area contributed by atoms with Crippen molar-refractivity contribution in [3.8, 4) is 0 Å². The average molecular weight is 192 g/mol. The second-order valence-corrected chi connectivity index (χ2v) is 3.21. The molecule has 2 rings (SSSR count). The zero-order valence-electron chi connectivity index (χ0n) is 7.77. The molecule has 1 N–H and O–H groups in total. The zero-order valence-corrected chi connectivity index (χ0v) is 7.77. The standard InChI is InChI=1S/C10H12N2O2/c13-10(8-4-3-7-14-8)12-9-5-1-2-6-11-9/h1-2,5-6,8H,3-4,7H2,(H,11,12,13). The molecule has 1 aliphatic heterocycles. The van der Waals surface area contributed by atoms with Gasteiger partial charge in [-0.1, -0.05) is 6.07 Å². The molecule has 0 aromatic carbocycles. The minimum atomic E-state index is -0.294. The van der Waals surface area contributed by atoms with Crippen molar-refractivity contribution >= 4 is 11.7 Å². The fourth-order valence-electron chi connectivity index (χ4n) is 1.43. The number of aromatic nitrogens is 1. The molecular formula is C10H12N2O2. The van der Waals surface area contributed by atoms with Crippen molar-refractivity contribution in [1.29, 1.82) is 0 Å². The minimum absolute atomic E-state index is 0.0961. The maximum Gasteiger partial charge on any atom is 0.254 e. The topological polar surface area (TPSA) is 51.2 Å². The van der Waals surface area contributed by atoms with Crippen LogP contribution in [0.4, 0.5) is 5.82 Å². The van der Waals surface area contributed by atoms with E-state index in [1.807, 2.05) is 12.1 Å². The molecule has 1 atom stereocenters. The van der Waals surface area contributed by atoms with Crippen molar-refractivity contribution in [3.63, 3.8) is 0 Å². The first-order chi connectivity index (χ1) is 6.86. The molecule has 0 spiro atoms. The SMILES string of the molecule is O=C(Nc1ccccn1)C1CCCO1. The Hall–Kier alpha value is -1.42. The summed E-state index contributed by atoms with van der Waals surface area (Å²) in [7, 11) is 0. The van der Waals surface area contributed by atoms with Gasteiger partial charge in [0.15, 0.2) is 0 Å². The molecule has 1 amide bonds. The fraction of sp³-hybridized carbons (Fsp3) is 0.400. The number of nitrogens with zero attached hydrogens (tertiary/aromatic N) is 1. The van der Waals surface area contributed by atoms with Gasteiger partial charge in [-0.2, -0.15) is 0 Å². The summed E-state index contributed by atoms with van der Waals surface area (Å²) in [6, 6.07) is 5.40. The van der Waals surface area contributed by atoms with Gasteiger partial charge in [-0.15, -0.1) is 0 Å². The molecule has 1 unspecified atom stereocenters. The van der Waals surface area contributed by atoms with Gasteiger partial charge >= 0.3 is 0 Å². The molecule has 2 heterocycles. The van der Waals surface area contributed by atoms with Gasteiger partial charge in [0.2, 0.25) is 0 Å². The Balaban J connectivity index is 1.94. The molecule has 1 saturated heterocycles. The second-order valence-electron chi connectivity index (χ2n) is 3.21. The van der Waals surface area contributed by atoms with Gasteiger partial charge < -0.3 is 10.1 Å². The lowest BCUT2D eigenvalue weighted by molar-refractivity contribution is -0.124. The largest absolute Gasteiger partial charge is 0.368 e. The van der Waals surface area contributed by atoms with Crippen molar-refractivity contribution < 1.29 is 9.53 Å². The summed E-state index contributed by atoms with van der Waals surface area (Å²) in [5, 5.41) is 2.71. The van der Waals surface area contributed by atoms with Crippen molar-refractivity contribution in [2.24, 2.45) is 0 Å². The van der Waals surface area contributed by atoms with E-state index in [0.29, 0.717) is 12.4 Å². The Morgan fingerprint density at radius 2 is 2.50 bits per heavy atom. The summed E-state index contributed by atoms with van der Waals surface area (Å²) in [6.07, 6.45) is 3.11. The molecule has 74 valence electrons. The van der Waals surface area contributed by atoms with E-state index >= 15 is 0 Å². The molecule has 1 aromatic rings. The molecule has 1 fully saturated rings. The van der Waals surface area contributed by atoms with Crippen LogP contribution in [0.15, 0.2) is 24.4 Å². The summed E-state index contributed by atoms with van der Waals surface area (Å²) in [4.78, 5) is 15.5. The fourth-order valence-corrected chi connectivity index (χ4v) is 1.43. The third-order valence-electron chi connectivity index (χ3n) is 2.14. The van der Waals surface area contributed by atoms with Crippen molar-refractivity contribution in [3.05, 3.63) is 24.4 Å². The molecule has 0 saturated carbocycles. The van der Waals surface area contributed by atoms with Crippen LogP contribution >= 0.6 is 0 Å². The monoisotopic (exact) mass is 192 g/mol. The molecule has 0 radical (unpaired) electrons. The number of carbonyl (C=O) groups excluding carboxylic acids is 1. The predicted molar refractivity (Wildman–Crippen MR) is 51.8 cm³/mol. The van der Waals surface area contributed by atoms with Crippen molar-refractivity contribution in [2.75, 3.05) is 11.9 Å². The van der Waals surface area contributed by atoms with Gasteiger partial charge in [0.05, 0.1) is 0 Å². The van der Waals surface area contributed by atoms with Crippen LogP contribution in [0, 0.1) is 0 Å². The first-order valence-electron chi connectivity index (χ1n) is 4.70. The third kappa shape index (κ3) is 2.09. The zero-order chi connectivity index (χ0) is 9.80.